The molecule has 5 nitrogen and oxygen atoms in total. The largest absolute Gasteiger partial charge is 0.480 e. The summed E-state index contributed by atoms with van der Waals surface area (Å²) in [6.07, 6.45) is 0.870. The lowest BCUT2D eigenvalue weighted by atomic mass is 9.98. The van der Waals surface area contributed by atoms with Gasteiger partial charge >= 0.3 is 0 Å². The summed E-state index contributed by atoms with van der Waals surface area (Å²) in [4.78, 5) is 25.6. The van der Waals surface area contributed by atoms with Gasteiger partial charge in [0.25, 0.3) is 11.8 Å². The molecule has 3 aromatic carbocycles. The van der Waals surface area contributed by atoms with Crippen LogP contribution >= 0.6 is 0 Å². The molecular formula is C28H32N2O3. The van der Waals surface area contributed by atoms with Gasteiger partial charge in [0.15, 0.2) is 6.10 Å². The van der Waals surface area contributed by atoms with E-state index in [2.05, 4.69) is 24.5 Å². The zero-order valence-electron chi connectivity index (χ0n) is 19.7. The van der Waals surface area contributed by atoms with Crippen LogP contribution < -0.4 is 15.4 Å². The highest BCUT2D eigenvalue weighted by Crippen LogP contribution is 2.29. The first-order chi connectivity index (χ1) is 15.9. The molecule has 2 amide bonds. The third kappa shape index (κ3) is 6.45. The smallest absolute Gasteiger partial charge is 0.265 e. The average Bonchev–Trinajstić information content (AvgIpc) is 2.82. The molecule has 0 aliphatic carbocycles. The van der Waals surface area contributed by atoms with Gasteiger partial charge in [0.05, 0.1) is 0 Å². The van der Waals surface area contributed by atoms with Crippen molar-refractivity contribution in [1.29, 1.82) is 0 Å². The van der Waals surface area contributed by atoms with E-state index in [4.69, 9.17) is 4.74 Å². The quantitative estimate of drug-likeness (QED) is 0.393. The lowest BCUT2D eigenvalue weighted by molar-refractivity contribution is -0.122. The highest BCUT2D eigenvalue weighted by atomic mass is 16.5. The Bertz CT molecular complexity index is 1110. The van der Waals surface area contributed by atoms with E-state index in [1.54, 1.807) is 24.3 Å². The van der Waals surface area contributed by atoms with Crippen LogP contribution in [0.2, 0.25) is 0 Å². The number of aryl methyl sites for hydroxylation is 1. The van der Waals surface area contributed by atoms with E-state index in [9.17, 15) is 9.59 Å². The molecule has 3 aromatic rings. The van der Waals surface area contributed by atoms with Crippen molar-refractivity contribution in [3.05, 3.63) is 89.5 Å². The molecule has 0 fully saturated rings. The second-order valence-electron chi connectivity index (χ2n) is 8.26. The average molecular weight is 445 g/mol. The number of hydrogen-bond donors (Lipinski definition) is 2. The molecular weight excluding hydrogens is 412 g/mol. The highest BCUT2D eigenvalue weighted by molar-refractivity contribution is 6.05. The molecule has 0 radical (unpaired) electrons. The van der Waals surface area contributed by atoms with Gasteiger partial charge in [-0.05, 0) is 73.2 Å². The number of anilines is 2. The number of hydrogen-bond acceptors (Lipinski definition) is 3. The molecule has 2 N–H and O–H groups in total. The SMILES string of the molecule is CCC(Oc1ccccc1C(C)CC)C(=O)Nc1cccc(C(=O)Nc2cccc(C)c2)c1. The monoisotopic (exact) mass is 444 g/mol. The minimum atomic E-state index is -0.639. The minimum Gasteiger partial charge on any atom is -0.480 e. The maximum Gasteiger partial charge on any atom is 0.265 e. The molecule has 0 heterocycles. The zero-order chi connectivity index (χ0) is 23.8. The van der Waals surface area contributed by atoms with Crippen LogP contribution in [0.4, 0.5) is 11.4 Å². The Morgan fingerprint density at radius 1 is 0.848 bits per heavy atom. The number of carbonyl (C=O) groups excluding carboxylic acids is 2. The van der Waals surface area contributed by atoms with Gasteiger partial charge in [0.1, 0.15) is 5.75 Å². The summed E-state index contributed by atoms with van der Waals surface area (Å²) in [6, 6.07) is 22.4. The molecule has 172 valence electrons. The number of nitrogens with one attached hydrogen (secondary N) is 2. The Morgan fingerprint density at radius 2 is 1.55 bits per heavy atom. The lowest BCUT2D eigenvalue weighted by Crippen LogP contribution is -2.32. The van der Waals surface area contributed by atoms with Gasteiger partial charge in [0.2, 0.25) is 0 Å². The summed E-state index contributed by atoms with van der Waals surface area (Å²) in [7, 11) is 0. The third-order valence-corrected chi connectivity index (χ3v) is 5.66. The molecule has 0 bridgehead atoms. The Morgan fingerprint density at radius 3 is 2.24 bits per heavy atom. The third-order valence-electron chi connectivity index (χ3n) is 5.66. The molecule has 5 heteroatoms. The van der Waals surface area contributed by atoms with Crippen LogP contribution in [0.3, 0.4) is 0 Å². The van der Waals surface area contributed by atoms with Gasteiger partial charge in [-0.2, -0.15) is 0 Å². The summed E-state index contributed by atoms with van der Waals surface area (Å²) >= 11 is 0. The summed E-state index contributed by atoms with van der Waals surface area (Å²) in [6.45, 7) is 8.17. The fourth-order valence-corrected chi connectivity index (χ4v) is 3.58. The Labute approximate surface area is 196 Å². The topological polar surface area (TPSA) is 67.4 Å². The molecule has 0 aliphatic rings. The molecule has 0 aromatic heterocycles. The first kappa shape index (κ1) is 24.1. The van der Waals surface area contributed by atoms with Crippen molar-refractivity contribution >= 4 is 23.2 Å². The Balaban J connectivity index is 1.70. The zero-order valence-corrected chi connectivity index (χ0v) is 19.7. The Kier molecular flexibility index (Phi) is 8.25. The minimum absolute atomic E-state index is 0.234. The maximum absolute atomic E-state index is 13.0. The molecule has 0 aliphatic heterocycles. The van der Waals surface area contributed by atoms with Crippen LogP contribution in [-0.2, 0) is 4.79 Å². The van der Waals surface area contributed by atoms with Gasteiger partial charge in [-0.1, -0.05) is 57.2 Å². The van der Waals surface area contributed by atoms with Crippen molar-refractivity contribution < 1.29 is 14.3 Å². The van der Waals surface area contributed by atoms with Gasteiger partial charge in [-0.3, -0.25) is 9.59 Å². The molecule has 33 heavy (non-hydrogen) atoms. The van der Waals surface area contributed by atoms with E-state index in [1.165, 1.54) is 0 Å². The lowest BCUT2D eigenvalue weighted by Gasteiger charge is -2.21. The van der Waals surface area contributed by atoms with Crippen LogP contribution in [0.15, 0.2) is 72.8 Å². The van der Waals surface area contributed by atoms with Crippen LogP contribution in [0.5, 0.6) is 5.75 Å². The molecule has 2 unspecified atom stereocenters. The van der Waals surface area contributed by atoms with Gasteiger partial charge in [-0.15, -0.1) is 0 Å². The number of rotatable bonds is 9. The van der Waals surface area contributed by atoms with Crippen molar-refractivity contribution in [1.82, 2.24) is 0 Å². The van der Waals surface area contributed by atoms with E-state index in [-0.39, 0.29) is 11.8 Å². The number of carbonyl (C=O) groups is 2. The molecule has 3 rings (SSSR count). The van der Waals surface area contributed by atoms with Gasteiger partial charge in [0, 0.05) is 16.9 Å². The van der Waals surface area contributed by atoms with E-state index < -0.39 is 6.10 Å². The number of ether oxygens (including phenoxy) is 1. The summed E-state index contributed by atoms with van der Waals surface area (Å²) in [5, 5.41) is 5.79. The van der Waals surface area contributed by atoms with Crippen molar-refractivity contribution in [3.8, 4) is 5.75 Å². The van der Waals surface area contributed by atoms with Crippen molar-refractivity contribution in [2.75, 3.05) is 10.6 Å². The van der Waals surface area contributed by atoms with Crippen LogP contribution in [0.25, 0.3) is 0 Å². The molecule has 2 atom stereocenters. The summed E-state index contributed by atoms with van der Waals surface area (Å²) in [5.41, 5.74) is 3.91. The van der Waals surface area contributed by atoms with Gasteiger partial charge < -0.3 is 15.4 Å². The summed E-state index contributed by atoms with van der Waals surface area (Å²) in [5.74, 6) is 0.598. The highest BCUT2D eigenvalue weighted by Gasteiger charge is 2.21. The van der Waals surface area contributed by atoms with E-state index in [1.807, 2.05) is 62.4 Å². The van der Waals surface area contributed by atoms with E-state index >= 15 is 0 Å². The van der Waals surface area contributed by atoms with Crippen LogP contribution in [0.1, 0.15) is 61.0 Å². The molecule has 0 saturated heterocycles. The number of benzene rings is 3. The second kappa shape index (κ2) is 11.3. The molecule has 0 spiro atoms. The summed E-state index contributed by atoms with van der Waals surface area (Å²) < 4.78 is 6.13. The Hall–Kier alpha value is -3.60. The number of para-hydroxylation sites is 1. The second-order valence-corrected chi connectivity index (χ2v) is 8.26. The van der Waals surface area contributed by atoms with Crippen molar-refractivity contribution in [3.63, 3.8) is 0 Å². The maximum atomic E-state index is 13.0. The van der Waals surface area contributed by atoms with E-state index in [0.717, 1.165) is 29.0 Å². The fraction of sp³-hybridized carbons (Fsp3) is 0.286. The predicted octanol–water partition coefficient (Wildman–Crippen LogP) is 6.56. The fourth-order valence-electron chi connectivity index (χ4n) is 3.58. The number of amides is 2. The predicted molar refractivity (Wildman–Crippen MR) is 134 cm³/mol. The first-order valence-electron chi connectivity index (χ1n) is 11.5. The normalized spacial score (nSPS) is 12.5. The molecule has 0 saturated carbocycles. The van der Waals surface area contributed by atoms with Crippen LogP contribution in [-0.4, -0.2) is 17.9 Å². The standard InChI is InChI=1S/C28H32N2O3/c1-5-20(4)24-15-7-8-16-26(24)33-25(6-2)28(32)30-23-14-10-12-21(18-23)27(31)29-22-13-9-11-19(3)17-22/h7-18,20,25H,5-6H2,1-4H3,(H,29,31)(H,30,32). The van der Waals surface area contributed by atoms with Gasteiger partial charge in [-0.25, -0.2) is 0 Å². The van der Waals surface area contributed by atoms with Crippen molar-refractivity contribution in [2.45, 2.75) is 52.6 Å². The van der Waals surface area contributed by atoms with Crippen molar-refractivity contribution in [2.24, 2.45) is 0 Å². The first-order valence-corrected chi connectivity index (χ1v) is 11.5. The van der Waals surface area contributed by atoms with Crippen LogP contribution in [0, 0.1) is 6.92 Å². The van der Waals surface area contributed by atoms with E-state index in [0.29, 0.717) is 23.6 Å².